The maximum absolute atomic E-state index is 13.7. The number of hydrogen-bond donors (Lipinski definition) is 0. The van der Waals surface area contributed by atoms with E-state index in [9.17, 15) is 9.18 Å². The molecule has 5 rings (SSSR count). The van der Waals surface area contributed by atoms with E-state index in [1.54, 1.807) is 18.5 Å². The van der Waals surface area contributed by atoms with E-state index in [1.165, 1.54) is 4.80 Å². The summed E-state index contributed by atoms with van der Waals surface area (Å²) >= 11 is 0. The molecule has 1 aliphatic rings. The fourth-order valence-corrected chi connectivity index (χ4v) is 4.37. The van der Waals surface area contributed by atoms with Crippen LogP contribution in [0.3, 0.4) is 0 Å². The van der Waals surface area contributed by atoms with E-state index < -0.39 is 6.67 Å². The van der Waals surface area contributed by atoms with E-state index in [0.29, 0.717) is 35.1 Å². The van der Waals surface area contributed by atoms with Crippen LogP contribution in [0.2, 0.25) is 0 Å². The number of halogens is 1. The van der Waals surface area contributed by atoms with Crippen molar-refractivity contribution in [2.75, 3.05) is 6.54 Å². The number of rotatable bonds is 5. The van der Waals surface area contributed by atoms with E-state index in [0.717, 1.165) is 18.4 Å². The molecule has 0 spiro atoms. The van der Waals surface area contributed by atoms with Crippen molar-refractivity contribution in [3.63, 3.8) is 0 Å². The van der Waals surface area contributed by atoms with Gasteiger partial charge in [0.1, 0.15) is 12.4 Å². The number of para-hydroxylation sites is 1. The third-order valence-electron chi connectivity index (χ3n) is 6.14. The standard InChI is InChI=1S/C25H24FN5O2/c1-17-11-12-19(24-29-21(15-26)23(33-24)18-7-3-2-4-8-18)16-30(17)25(32)20-9-5-6-10-22(20)31-27-13-14-28-31/h2-10,13-14,17,19H,11-12,15-16H2,1H3/t17-,19-/m1/s1. The molecule has 168 valence electrons. The van der Waals surface area contributed by atoms with Crippen molar-refractivity contribution in [3.05, 3.63) is 84.1 Å². The van der Waals surface area contributed by atoms with Crippen LogP contribution in [0.15, 0.2) is 71.4 Å². The van der Waals surface area contributed by atoms with Crippen LogP contribution in [0.1, 0.15) is 47.6 Å². The number of oxazole rings is 1. The Balaban J connectivity index is 1.43. The molecule has 7 nitrogen and oxygen atoms in total. The van der Waals surface area contributed by atoms with Crippen LogP contribution in [0.25, 0.3) is 17.0 Å². The minimum Gasteiger partial charge on any atom is -0.440 e. The van der Waals surface area contributed by atoms with Gasteiger partial charge < -0.3 is 9.32 Å². The molecule has 2 atom stereocenters. The lowest BCUT2D eigenvalue weighted by Gasteiger charge is -2.37. The van der Waals surface area contributed by atoms with Gasteiger partial charge in [-0.15, -0.1) is 0 Å². The normalized spacial score (nSPS) is 18.4. The van der Waals surface area contributed by atoms with E-state index in [4.69, 9.17) is 4.42 Å². The third-order valence-corrected chi connectivity index (χ3v) is 6.14. The Labute approximate surface area is 190 Å². The Kier molecular flexibility index (Phi) is 5.73. The molecule has 2 aromatic carbocycles. The van der Waals surface area contributed by atoms with Crippen LogP contribution < -0.4 is 0 Å². The van der Waals surface area contributed by atoms with Crippen molar-refractivity contribution in [1.29, 1.82) is 0 Å². The van der Waals surface area contributed by atoms with Crippen molar-refractivity contribution >= 4 is 5.91 Å². The average molecular weight is 445 g/mol. The number of aromatic nitrogens is 4. The third kappa shape index (κ3) is 4.04. The van der Waals surface area contributed by atoms with Crippen molar-refractivity contribution in [1.82, 2.24) is 24.9 Å². The second-order valence-corrected chi connectivity index (χ2v) is 8.24. The van der Waals surface area contributed by atoms with Crippen molar-refractivity contribution in [3.8, 4) is 17.0 Å². The molecule has 0 saturated carbocycles. The first kappa shape index (κ1) is 21.1. The number of carbonyl (C=O) groups is 1. The quantitative estimate of drug-likeness (QED) is 0.441. The lowest BCUT2D eigenvalue weighted by atomic mass is 9.92. The molecule has 0 N–H and O–H groups in total. The van der Waals surface area contributed by atoms with Gasteiger partial charge in [-0.3, -0.25) is 4.79 Å². The van der Waals surface area contributed by atoms with E-state index in [1.807, 2.05) is 60.4 Å². The van der Waals surface area contributed by atoms with Crippen LogP contribution in [0.5, 0.6) is 0 Å². The van der Waals surface area contributed by atoms with Gasteiger partial charge in [0.05, 0.1) is 29.6 Å². The summed E-state index contributed by atoms with van der Waals surface area (Å²) < 4.78 is 19.8. The number of hydrogen-bond acceptors (Lipinski definition) is 5. The molecule has 1 aliphatic heterocycles. The number of likely N-dealkylation sites (tertiary alicyclic amines) is 1. The highest BCUT2D eigenvalue weighted by Crippen LogP contribution is 2.35. The summed E-state index contributed by atoms with van der Waals surface area (Å²) in [7, 11) is 0. The fourth-order valence-electron chi connectivity index (χ4n) is 4.37. The second-order valence-electron chi connectivity index (χ2n) is 8.24. The summed E-state index contributed by atoms with van der Waals surface area (Å²) in [4.78, 5) is 21.4. The van der Waals surface area contributed by atoms with Crippen LogP contribution in [0.4, 0.5) is 4.39 Å². The predicted molar refractivity (Wildman–Crippen MR) is 121 cm³/mol. The summed E-state index contributed by atoms with van der Waals surface area (Å²) in [6, 6.07) is 16.8. The Bertz CT molecular complexity index is 1240. The van der Waals surface area contributed by atoms with Gasteiger partial charge in [-0.05, 0) is 31.9 Å². The molecule has 3 heterocycles. The first-order chi connectivity index (χ1) is 16.2. The second kappa shape index (κ2) is 8.97. The van der Waals surface area contributed by atoms with Gasteiger partial charge in [0.2, 0.25) is 0 Å². The first-order valence-electron chi connectivity index (χ1n) is 11.0. The summed E-state index contributed by atoms with van der Waals surface area (Å²) in [6.45, 7) is 1.78. The maximum atomic E-state index is 13.7. The SMILES string of the molecule is C[C@@H]1CC[C@@H](c2nc(CF)c(-c3ccccc3)o2)CN1C(=O)c1ccccc1-n1nccn1. The Morgan fingerprint density at radius 3 is 2.55 bits per heavy atom. The zero-order valence-electron chi connectivity index (χ0n) is 18.3. The van der Waals surface area contributed by atoms with Crippen LogP contribution in [0, 0.1) is 0 Å². The molecule has 0 bridgehead atoms. The highest BCUT2D eigenvalue weighted by atomic mass is 19.1. The first-order valence-corrected chi connectivity index (χ1v) is 11.0. The Morgan fingerprint density at radius 1 is 1.06 bits per heavy atom. The molecule has 0 radical (unpaired) electrons. The smallest absolute Gasteiger partial charge is 0.256 e. The molecule has 4 aromatic rings. The molecular formula is C25H24FN5O2. The van der Waals surface area contributed by atoms with Gasteiger partial charge in [-0.25, -0.2) is 9.37 Å². The van der Waals surface area contributed by atoms with Gasteiger partial charge >= 0.3 is 0 Å². The summed E-state index contributed by atoms with van der Waals surface area (Å²) in [6.07, 6.45) is 4.77. The molecule has 1 saturated heterocycles. The van der Waals surface area contributed by atoms with Crippen molar-refractivity contribution in [2.45, 2.75) is 38.4 Å². The van der Waals surface area contributed by atoms with Gasteiger partial charge in [-0.2, -0.15) is 15.0 Å². The van der Waals surface area contributed by atoms with Gasteiger partial charge in [0, 0.05) is 18.2 Å². The monoisotopic (exact) mass is 445 g/mol. The number of benzene rings is 2. The Morgan fingerprint density at radius 2 is 1.79 bits per heavy atom. The minimum absolute atomic E-state index is 0.0524. The number of piperidine rings is 1. The van der Waals surface area contributed by atoms with Crippen LogP contribution in [-0.4, -0.2) is 43.4 Å². The zero-order valence-corrected chi connectivity index (χ0v) is 18.3. The Hall–Kier alpha value is -3.81. The van der Waals surface area contributed by atoms with Gasteiger partial charge in [0.25, 0.3) is 5.91 Å². The van der Waals surface area contributed by atoms with Gasteiger partial charge in [-0.1, -0.05) is 42.5 Å². The largest absolute Gasteiger partial charge is 0.440 e. The van der Waals surface area contributed by atoms with Crippen LogP contribution >= 0.6 is 0 Å². The van der Waals surface area contributed by atoms with Gasteiger partial charge in [0.15, 0.2) is 11.7 Å². The van der Waals surface area contributed by atoms with Crippen LogP contribution in [-0.2, 0) is 6.67 Å². The average Bonchev–Trinajstić information content (AvgIpc) is 3.55. The lowest BCUT2D eigenvalue weighted by Crippen LogP contribution is -2.45. The molecule has 0 aliphatic carbocycles. The zero-order chi connectivity index (χ0) is 22.8. The highest BCUT2D eigenvalue weighted by Gasteiger charge is 2.34. The fraction of sp³-hybridized carbons (Fsp3) is 0.280. The topological polar surface area (TPSA) is 77.0 Å². The number of nitrogens with zero attached hydrogens (tertiary/aromatic N) is 5. The molecule has 1 amide bonds. The van der Waals surface area contributed by atoms with E-state index in [-0.39, 0.29) is 17.9 Å². The predicted octanol–water partition coefficient (Wildman–Crippen LogP) is 4.80. The summed E-state index contributed by atoms with van der Waals surface area (Å²) in [5.74, 6) is 0.733. The molecule has 2 aromatic heterocycles. The lowest BCUT2D eigenvalue weighted by molar-refractivity contribution is 0.0597. The molecule has 0 unspecified atom stereocenters. The summed E-state index contributed by atoms with van der Waals surface area (Å²) in [5.41, 5.74) is 2.25. The molecule has 33 heavy (non-hydrogen) atoms. The van der Waals surface area contributed by atoms with Crippen molar-refractivity contribution < 1.29 is 13.6 Å². The molecule has 8 heteroatoms. The number of carbonyl (C=O) groups excluding carboxylic acids is 1. The molecular weight excluding hydrogens is 421 g/mol. The highest BCUT2D eigenvalue weighted by molar-refractivity contribution is 5.98. The van der Waals surface area contributed by atoms with Crippen molar-refractivity contribution in [2.24, 2.45) is 0 Å². The van der Waals surface area contributed by atoms with E-state index in [2.05, 4.69) is 15.2 Å². The maximum Gasteiger partial charge on any atom is 0.256 e. The molecule has 1 fully saturated rings. The minimum atomic E-state index is -0.705. The van der Waals surface area contributed by atoms with E-state index >= 15 is 0 Å². The number of amides is 1. The summed E-state index contributed by atoms with van der Waals surface area (Å²) in [5, 5.41) is 8.36. The number of alkyl halides is 1.